The van der Waals surface area contributed by atoms with Crippen LogP contribution in [-0.4, -0.2) is 74.4 Å². The van der Waals surface area contributed by atoms with Gasteiger partial charge >= 0.3 is 59.2 Å². The van der Waals surface area contributed by atoms with Crippen molar-refractivity contribution in [2.45, 2.75) is 0 Å². The van der Waals surface area contributed by atoms with Gasteiger partial charge < -0.3 is 14.5 Å². The van der Waals surface area contributed by atoms with Crippen LogP contribution in [0.2, 0.25) is 0 Å². The molecular weight excluding hydrogens is 246 g/mol. The average molecular weight is 258 g/mol. The van der Waals surface area contributed by atoms with Crippen molar-refractivity contribution in [1.82, 2.24) is 0 Å². The summed E-state index contributed by atoms with van der Waals surface area (Å²) in [5.74, 6) is 0.641. The van der Waals surface area contributed by atoms with Crippen molar-refractivity contribution in [3.63, 3.8) is 0 Å². The van der Waals surface area contributed by atoms with Gasteiger partial charge in [0, 0.05) is 0 Å². The van der Waals surface area contributed by atoms with Crippen molar-refractivity contribution >= 4 is 59.2 Å². The minimum absolute atomic E-state index is 0. The Hall–Kier alpha value is 0.766. The van der Waals surface area contributed by atoms with Crippen LogP contribution in [0.15, 0.2) is 30.3 Å². The number of phosphoric acid groups is 1. The molecule has 15 heavy (non-hydrogen) atoms. The van der Waals surface area contributed by atoms with Crippen molar-refractivity contribution in [3.8, 4) is 5.75 Å². The molecule has 1 rings (SSSR count). The summed E-state index contributed by atoms with van der Waals surface area (Å²) < 4.78 is 19.6. The quantitative estimate of drug-likeness (QED) is 0.457. The van der Waals surface area contributed by atoms with Crippen molar-refractivity contribution in [1.29, 1.82) is 0 Å². The molecule has 0 heterocycles. The van der Waals surface area contributed by atoms with E-state index in [9.17, 15) is 4.57 Å². The maximum atomic E-state index is 10.3. The summed E-state index contributed by atoms with van der Waals surface area (Å²) in [5.41, 5.74) is 0. The van der Waals surface area contributed by atoms with Crippen LogP contribution in [-0.2, 0) is 9.09 Å². The number of phosphoric ester groups is 1. The Kier molecular flexibility index (Phi) is 8.35. The van der Waals surface area contributed by atoms with Crippen LogP contribution in [0.3, 0.4) is 0 Å². The molecule has 0 radical (unpaired) electrons. The second-order valence-electron chi connectivity index (χ2n) is 2.49. The molecule has 0 aliphatic carbocycles. The van der Waals surface area contributed by atoms with Crippen LogP contribution in [0.4, 0.5) is 0 Å². The standard InChI is InChI=1S/C8H11O5P.K.H/c9-14(10,11)13-7-6-12-8-4-2-1-3-5-8;;/h1-5H,6-7H2,(H2,9,10,11);;. The SMILES string of the molecule is O=P(O)(O)OCCOc1ccccc1.[KH]. The summed E-state index contributed by atoms with van der Waals surface area (Å²) in [7, 11) is -4.37. The fourth-order valence-corrected chi connectivity index (χ4v) is 1.14. The molecule has 1 aromatic carbocycles. The van der Waals surface area contributed by atoms with E-state index in [0.717, 1.165) is 0 Å². The summed E-state index contributed by atoms with van der Waals surface area (Å²) in [6.07, 6.45) is 0. The molecule has 0 aliphatic rings. The first-order chi connectivity index (χ1) is 6.58. The predicted octanol–water partition coefficient (Wildman–Crippen LogP) is 0.526. The maximum absolute atomic E-state index is 10.3. The molecule has 0 bridgehead atoms. The van der Waals surface area contributed by atoms with Crippen LogP contribution >= 0.6 is 7.82 Å². The van der Waals surface area contributed by atoms with E-state index in [1.165, 1.54) is 0 Å². The van der Waals surface area contributed by atoms with Crippen LogP contribution in [0.5, 0.6) is 5.75 Å². The average Bonchev–Trinajstić information content (AvgIpc) is 2.13. The van der Waals surface area contributed by atoms with Crippen molar-refractivity contribution < 1.29 is 23.6 Å². The van der Waals surface area contributed by atoms with Crippen LogP contribution in [0.25, 0.3) is 0 Å². The number of ether oxygens (including phenoxy) is 1. The molecular formula is C8H12KO5P. The Bertz CT molecular complexity index is 312. The van der Waals surface area contributed by atoms with Gasteiger partial charge in [-0.25, -0.2) is 4.57 Å². The molecule has 0 aromatic heterocycles. The summed E-state index contributed by atoms with van der Waals surface area (Å²) in [6, 6.07) is 8.95. The molecule has 5 nitrogen and oxygen atoms in total. The Morgan fingerprint density at radius 3 is 2.27 bits per heavy atom. The summed E-state index contributed by atoms with van der Waals surface area (Å²) in [5, 5.41) is 0. The van der Waals surface area contributed by atoms with E-state index in [4.69, 9.17) is 14.5 Å². The fraction of sp³-hybridized carbons (Fsp3) is 0.250. The molecule has 0 unspecified atom stereocenters. The zero-order valence-electron chi connectivity index (χ0n) is 7.37. The van der Waals surface area contributed by atoms with Gasteiger partial charge in [-0.3, -0.25) is 4.52 Å². The normalized spacial score (nSPS) is 10.5. The van der Waals surface area contributed by atoms with E-state index in [2.05, 4.69) is 4.52 Å². The predicted molar refractivity (Wildman–Crippen MR) is 57.1 cm³/mol. The molecule has 0 amide bonds. The van der Waals surface area contributed by atoms with Crippen LogP contribution in [0, 0.1) is 0 Å². The van der Waals surface area contributed by atoms with Gasteiger partial charge in [0.05, 0.1) is 6.61 Å². The van der Waals surface area contributed by atoms with Crippen molar-refractivity contribution in [2.75, 3.05) is 13.2 Å². The summed E-state index contributed by atoms with van der Waals surface area (Å²) in [6.45, 7) is -0.0334. The molecule has 0 saturated carbocycles. The van der Waals surface area contributed by atoms with Gasteiger partial charge in [0.2, 0.25) is 0 Å². The number of benzene rings is 1. The first-order valence-corrected chi connectivity index (χ1v) is 5.49. The number of hydrogen-bond acceptors (Lipinski definition) is 3. The minimum atomic E-state index is -4.37. The van der Waals surface area contributed by atoms with E-state index >= 15 is 0 Å². The Morgan fingerprint density at radius 2 is 1.73 bits per heavy atom. The molecule has 0 atom stereocenters. The third kappa shape index (κ3) is 8.56. The third-order valence-electron chi connectivity index (χ3n) is 1.35. The molecule has 0 aliphatic heterocycles. The van der Waals surface area contributed by atoms with Crippen molar-refractivity contribution in [3.05, 3.63) is 30.3 Å². The Morgan fingerprint density at radius 1 is 1.13 bits per heavy atom. The van der Waals surface area contributed by atoms with E-state index in [-0.39, 0.29) is 64.6 Å². The molecule has 80 valence electrons. The van der Waals surface area contributed by atoms with Gasteiger partial charge in [0.25, 0.3) is 0 Å². The van der Waals surface area contributed by atoms with Gasteiger partial charge in [-0.15, -0.1) is 0 Å². The van der Waals surface area contributed by atoms with Crippen LogP contribution in [0.1, 0.15) is 0 Å². The Balaban J connectivity index is 0.00000196. The monoisotopic (exact) mass is 258 g/mol. The molecule has 7 heteroatoms. The van der Waals surface area contributed by atoms with E-state index < -0.39 is 7.82 Å². The van der Waals surface area contributed by atoms with Gasteiger partial charge in [0.15, 0.2) is 0 Å². The zero-order valence-corrected chi connectivity index (χ0v) is 8.26. The molecule has 0 saturated heterocycles. The van der Waals surface area contributed by atoms with E-state index in [0.29, 0.717) is 5.75 Å². The number of para-hydroxylation sites is 1. The molecule has 0 spiro atoms. The summed E-state index contributed by atoms with van der Waals surface area (Å²) in [4.78, 5) is 16.7. The van der Waals surface area contributed by atoms with E-state index in [1.807, 2.05) is 6.07 Å². The van der Waals surface area contributed by atoms with Gasteiger partial charge in [-0.1, -0.05) is 18.2 Å². The van der Waals surface area contributed by atoms with Crippen LogP contribution < -0.4 is 4.74 Å². The molecule has 1 aromatic rings. The van der Waals surface area contributed by atoms with Gasteiger partial charge in [0.1, 0.15) is 12.4 Å². The van der Waals surface area contributed by atoms with Crippen molar-refractivity contribution in [2.24, 2.45) is 0 Å². The Labute approximate surface area is 130 Å². The van der Waals surface area contributed by atoms with E-state index in [1.54, 1.807) is 24.3 Å². The third-order valence-corrected chi connectivity index (χ3v) is 1.87. The van der Waals surface area contributed by atoms with Gasteiger partial charge in [-0.2, -0.15) is 0 Å². The molecule has 0 fully saturated rings. The van der Waals surface area contributed by atoms with Gasteiger partial charge in [-0.05, 0) is 12.1 Å². The molecule has 2 N–H and O–H groups in total. The first-order valence-electron chi connectivity index (χ1n) is 3.96. The summed E-state index contributed by atoms with van der Waals surface area (Å²) >= 11 is 0. The number of hydrogen-bond donors (Lipinski definition) is 2. The topological polar surface area (TPSA) is 76.0 Å². The second-order valence-corrected chi connectivity index (χ2v) is 3.72. The second kappa shape index (κ2) is 7.95. The zero-order chi connectivity index (χ0) is 10.4. The fourth-order valence-electron chi connectivity index (χ4n) is 0.832. The first kappa shape index (κ1) is 15.8. The number of rotatable bonds is 5.